The molecule has 0 aliphatic carbocycles. The fourth-order valence-corrected chi connectivity index (χ4v) is 3.54. The van der Waals surface area contributed by atoms with Crippen LogP contribution in [0.5, 0.6) is 0 Å². The molecule has 174 valence electrons. The lowest BCUT2D eigenvalue weighted by atomic mass is 10.0. The summed E-state index contributed by atoms with van der Waals surface area (Å²) in [7, 11) is 2.13. The van der Waals surface area contributed by atoms with E-state index in [1.807, 2.05) is 57.2 Å². The molecule has 2 aromatic rings. The Morgan fingerprint density at radius 2 is 1.58 bits per heavy atom. The summed E-state index contributed by atoms with van der Waals surface area (Å²) in [5, 5.41) is 0. The number of likely N-dealkylation sites (N-methyl/N-ethyl adjacent to an activating group) is 1. The van der Waals surface area contributed by atoms with Crippen molar-refractivity contribution in [3.8, 4) is 0 Å². The summed E-state index contributed by atoms with van der Waals surface area (Å²) in [5.41, 5.74) is 2.48. The van der Waals surface area contributed by atoms with Gasteiger partial charge in [-0.3, -0.25) is 9.69 Å². The lowest BCUT2D eigenvalue weighted by Crippen LogP contribution is -2.44. The van der Waals surface area contributed by atoms with Crippen LogP contribution in [0.25, 0.3) is 12.2 Å². The van der Waals surface area contributed by atoms with Gasteiger partial charge in [0.05, 0.1) is 11.4 Å². The number of allylic oxidation sites excluding steroid dienone is 1. The Labute approximate surface area is 196 Å². The van der Waals surface area contributed by atoms with Gasteiger partial charge in [0.2, 0.25) is 0 Å². The van der Waals surface area contributed by atoms with Gasteiger partial charge in [-0.2, -0.15) is 0 Å². The van der Waals surface area contributed by atoms with Gasteiger partial charge in [0.25, 0.3) is 0 Å². The summed E-state index contributed by atoms with van der Waals surface area (Å²) in [6, 6.07) is 13.2. The van der Waals surface area contributed by atoms with E-state index in [9.17, 15) is 9.59 Å². The Hall–Kier alpha value is -3.09. The predicted molar refractivity (Wildman–Crippen MR) is 132 cm³/mol. The molecule has 0 atom stereocenters. The molecule has 1 aromatic heterocycles. The van der Waals surface area contributed by atoms with Gasteiger partial charge in [-0.1, -0.05) is 30.3 Å². The smallest absolute Gasteiger partial charge is 0.331 e. The number of carbonyl (C=O) groups excluding carboxylic acids is 2. The Balaban J connectivity index is 1.66. The fourth-order valence-electron chi connectivity index (χ4n) is 3.54. The number of esters is 1. The number of pyridine rings is 1. The molecule has 1 saturated heterocycles. The third-order valence-corrected chi connectivity index (χ3v) is 5.27. The van der Waals surface area contributed by atoms with Crippen LogP contribution in [-0.2, 0) is 16.1 Å². The topological polar surface area (TPSA) is 62.7 Å². The van der Waals surface area contributed by atoms with Crippen molar-refractivity contribution in [1.29, 1.82) is 0 Å². The van der Waals surface area contributed by atoms with Crippen LogP contribution in [0.1, 0.15) is 48.1 Å². The highest BCUT2D eigenvalue weighted by Crippen LogP contribution is 2.15. The van der Waals surface area contributed by atoms with Crippen molar-refractivity contribution >= 4 is 23.9 Å². The molecule has 3 rings (SSSR count). The van der Waals surface area contributed by atoms with Crippen molar-refractivity contribution in [3.63, 3.8) is 0 Å². The fraction of sp³-hybridized carbons (Fsp3) is 0.370. The van der Waals surface area contributed by atoms with Crippen molar-refractivity contribution in [3.05, 3.63) is 77.1 Å². The van der Waals surface area contributed by atoms with E-state index >= 15 is 0 Å². The van der Waals surface area contributed by atoms with E-state index in [1.54, 1.807) is 24.3 Å². The maximum Gasteiger partial charge on any atom is 0.331 e. The van der Waals surface area contributed by atoms with Gasteiger partial charge in [-0.05, 0) is 63.7 Å². The highest BCUT2D eigenvalue weighted by atomic mass is 16.6. The number of ether oxygens (including phenoxy) is 1. The first-order valence-corrected chi connectivity index (χ1v) is 11.3. The van der Waals surface area contributed by atoms with Crippen LogP contribution in [0.15, 0.2) is 54.6 Å². The average molecular weight is 448 g/mol. The lowest BCUT2D eigenvalue weighted by Gasteiger charge is -2.32. The van der Waals surface area contributed by atoms with Crippen molar-refractivity contribution in [2.45, 2.75) is 32.9 Å². The molecule has 0 radical (unpaired) electrons. The quantitative estimate of drug-likeness (QED) is 0.362. The molecule has 2 heterocycles. The van der Waals surface area contributed by atoms with Gasteiger partial charge in [0.1, 0.15) is 5.60 Å². The minimum Gasteiger partial charge on any atom is -0.457 e. The average Bonchev–Trinajstić information content (AvgIpc) is 2.77. The van der Waals surface area contributed by atoms with Crippen LogP contribution < -0.4 is 0 Å². The molecule has 0 spiro atoms. The summed E-state index contributed by atoms with van der Waals surface area (Å²) in [4.78, 5) is 34.0. The number of nitrogens with zero attached hydrogens (tertiary/aromatic N) is 3. The molecule has 6 heteroatoms. The van der Waals surface area contributed by atoms with Crippen molar-refractivity contribution in [2.24, 2.45) is 0 Å². The molecule has 0 amide bonds. The number of ketones is 1. The van der Waals surface area contributed by atoms with Crippen LogP contribution in [0.4, 0.5) is 0 Å². The van der Waals surface area contributed by atoms with Crippen LogP contribution in [-0.4, -0.2) is 65.4 Å². The zero-order chi connectivity index (χ0) is 23.8. The zero-order valence-corrected chi connectivity index (χ0v) is 20.0. The normalized spacial score (nSPS) is 15.9. The largest absolute Gasteiger partial charge is 0.457 e. The third kappa shape index (κ3) is 8.08. The van der Waals surface area contributed by atoms with Gasteiger partial charge in [0, 0.05) is 44.4 Å². The van der Waals surface area contributed by atoms with E-state index in [0.29, 0.717) is 17.0 Å². The SMILES string of the molecule is CN1CCN(Cc2ccccc2C(=O)C=Cc2cccc(C=CC(=O)OC(C)(C)C)n2)CC1. The molecule has 33 heavy (non-hydrogen) atoms. The standard InChI is InChI=1S/C27H33N3O3/c1-27(2,3)33-26(32)15-13-23-10-7-9-22(28-23)12-14-25(31)24-11-6-5-8-21(24)20-30-18-16-29(4)17-19-30/h5-15H,16-20H2,1-4H3. The number of benzene rings is 1. The number of aromatic nitrogens is 1. The van der Waals surface area contributed by atoms with Crippen molar-refractivity contribution in [2.75, 3.05) is 33.2 Å². The molecule has 0 bridgehead atoms. The Bertz CT molecular complexity index is 1030. The van der Waals surface area contributed by atoms with Gasteiger partial charge >= 0.3 is 5.97 Å². The van der Waals surface area contributed by atoms with Gasteiger partial charge in [-0.15, -0.1) is 0 Å². The number of hydrogen-bond donors (Lipinski definition) is 0. The maximum absolute atomic E-state index is 12.9. The Morgan fingerprint density at radius 1 is 0.939 bits per heavy atom. The molecule has 0 N–H and O–H groups in total. The summed E-state index contributed by atoms with van der Waals surface area (Å²) in [5.74, 6) is -0.464. The highest BCUT2D eigenvalue weighted by Gasteiger charge is 2.17. The first kappa shape index (κ1) is 24.6. The van der Waals surface area contributed by atoms with E-state index in [0.717, 1.165) is 38.3 Å². The van der Waals surface area contributed by atoms with E-state index in [-0.39, 0.29) is 5.78 Å². The second-order valence-electron chi connectivity index (χ2n) is 9.29. The van der Waals surface area contributed by atoms with Crippen LogP contribution >= 0.6 is 0 Å². The molecule has 0 saturated carbocycles. The number of piperazine rings is 1. The number of rotatable bonds is 7. The number of hydrogen-bond acceptors (Lipinski definition) is 6. The van der Waals surface area contributed by atoms with Gasteiger partial charge in [0.15, 0.2) is 5.78 Å². The first-order chi connectivity index (χ1) is 15.7. The minimum atomic E-state index is -0.541. The van der Waals surface area contributed by atoms with Crippen LogP contribution in [0, 0.1) is 0 Å². The third-order valence-electron chi connectivity index (χ3n) is 5.27. The van der Waals surface area contributed by atoms with E-state index in [2.05, 4.69) is 21.8 Å². The highest BCUT2D eigenvalue weighted by molar-refractivity contribution is 6.07. The number of carbonyl (C=O) groups is 2. The summed E-state index contributed by atoms with van der Waals surface area (Å²) < 4.78 is 5.27. The lowest BCUT2D eigenvalue weighted by molar-refractivity contribution is -0.148. The monoisotopic (exact) mass is 447 g/mol. The molecule has 1 aliphatic rings. The molecule has 1 aliphatic heterocycles. The van der Waals surface area contributed by atoms with E-state index < -0.39 is 11.6 Å². The molecule has 6 nitrogen and oxygen atoms in total. The Kier molecular flexibility index (Phi) is 8.31. The van der Waals surface area contributed by atoms with Gasteiger partial charge < -0.3 is 9.64 Å². The maximum atomic E-state index is 12.9. The van der Waals surface area contributed by atoms with Crippen molar-refractivity contribution in [1.82, 2.24) is 14.8 Å². The summed E-state index contributed by atoms with van der Waals surface area (Å²) >= 11 is 0. The first-order valence-electron chi connectivity index (χ1n) is 11.3. The summed E-state index contributed by atoms with van der Waals surface area (Å²) in [6.07, 6.45) is 6.24. The molecule has 0 unspecified atom stereocenters. The molecule has 1 aromatic carbocycles. The predicted octanol–water partition coefficient (Wildman–Crippen LogP) is 4.08. The molecular formula is C27H33N3O3. The molecule has 1 fully saturated rings. The zero-order valence-electron chi connectivity index (χ0n) is 20.0. The second-order valence-corrected chi connectivity index (χ2v) is 9.29. The van der Waals surface area contributed by atoms with Crippen LogP contribution in [0.2, 0.25) is 0 Å². The minimum absolute atomic E-state index is 0.0452. The van der Waals surface area contributed by atoms with Crippen molar-refractivity contribution < 1.29 is 14.3 Å². The van der Waals surface area contributed by atoms with E-state index in [1.165, 1.54) is 6.08 Å². The Morgan fingerprint density at radius 3 is 2.24 bits per heavy atom. The molecular weight excluding hydrogens is 414 g/mol. The van der Waals surface area contributed by atoms with E-state index in [4.69, 9.17) is 4.74 Å². The summed E-state index contributed by atoms with van der Waals surface area (Å²) in [6.45, 7) is 10.3. The van der Waals surface area contributed by atoms with Crippen LogP contribution in [0.3, 0.4) is 0 Å². The van der Waals surface area contributed by atoms with Gasteiger partial charge in [-0.25, -0.2) is 9.78 Å². The second kappa shape index (κ2) is 11.2.